The van der Waals surface area contributed by atoms with Crippen LogP contribution in [-0.2, 0) is 9.71 Å². The second kappa shape index (κ2) is 4.36. The monoisotopic (exact) mass is 158 g/mol. The van der Waals surface area contributed by atoms with Crippen LogP contribution in [-0.4, -0.2) is 5.26 Å². The molecule has 0 aliphatic rings. The van der Waals surface area contributed by atoms with Crippen molar-refractivity contribution in [3.8, 4) is 0 Å². The molecule has 0 aliphatic carbocycles. The molecule has 0 saturated heterocycles. The van der Waals surface area contributed by atoms with Crippen LogP contribution in [0.15, 0.2) is 30.3 Å². The Morgan fingerprint density at radius 1 is 1.20 bits per heavy atom. The van der Waals surface area contributed by atoms with Crippen molar-refractivity contribution in [2.24, 2.45) is 0 Å². The molecule has 1 atom stereocenters. The van der Waals surface area contributed by atoms with Gasteiger partial charge in [0.15, 0.2) is 0 Å². The zero-order chi connectivity index (χ0) is 7.23. The summed E-state index contributed by atoms with van der Waals surface area (Å²) in [5.74, 6) is 0. The first kappa shape index (κ1) is 7.63. The van der Waals surface area contributed by atoms with E-state index < -0.39 is 0 Å². The highest BCUT2D eigenvalue weighted by molar-refractivity contribution is 7.41. The molecule has 1 aromatic carbocycles. The summed E-state index contributed by atoms with van der Waals surface area (Å²) in [5.41, 5.74) is 0. The fourth-order valence-corrected chi connectivity index (χ4v) is 1.03. The van der Waals surface area contributed by atoms with Gasteiger partial charge in [-0.3, -0.25) is 0 Å². The number of benzene rings is 1. The summed E-state index contributed by atoms with van der Waals surface area (Å²) in [7, 11) is 0.0323. The summed E-state index contributed by atoms with van der Waals surface area (Å²) in [5, 5.41) is 12.3. The van der Waals surface area contributed by atoms with Crippen LogP contribution in [0, 0.1) is 0 Å². The van der Waals surface area contributed by atoms with Crippen LogP contribution >= 0.6 is 8.81 Å². The quantitative estimate of drug-likeness (QED) is 0.409. The largest absolute Gasteiger partial charge is 0.221 e. The zero-order valence-corrected chi connectivity index (χ0v) is 6.15. The summed E-state index contributed by atoms with van der Waals surface area (Å²) >= 11 is 0. The Labute approximate surface area is 60.3 Å². The molecule has 0 amide bonds. The minimum atomic E-state index is 0.0323. The Morgan fingerprint density at radius 3 is 2.50 bits per heavy atom. The molecule has 0 spiro atoms. The lowest BCUT2D eigenvalue weighted by Crippen LogP contribution is -1.92. The van der Waals surface area contributed by atoms with E-state index in [4.69, 9.17) is 5.26 Å². The molecular weight excluding hydrogens is 151 g/mol. The Kier molecular flexibility index (Phi) is 3.33. The van der Waals surface area contributed by atoms with E-state index in [-0.39, 0.29) is 8.81 Å². The molecule has 0 fully saturated rings. The van der Waals surface area contributed by atoms with Gasteiger partial charge in [-0.1, -0.05) is 35.4 Å². The molecule has 1 aromatic rings. The second-order valence-electron chi connectivity index (χ2n) is 1.63. The molecule has 3 nitrogen and oxygen atoms in total. The lowest BCUT2D eigenvalue weighted by atomic mass is 10.4. The average Bonchev–Trinajstić information content (AvgIpc) is 2.03. The van der Waals surface area contributed by atoms with Crippen molar-refractivity contribution in [2.75, 3.05) is 0 Å². The van der Waals surface area contributed by atoms with Crippen molar-refractivity contribution < 1.29 is 15.0 Å². The van der Waals surface area contributed by atoms with E-state index in [1.807, 2.05) is 30.3 Å². The third-order valence-electron chi connectivity index (χ3n) is 0.971. The average molecular weight is 158 g/mol. The van der Waals surface area contributed by atoms with Gasteiger partial charge in [-0.05, 0) is 0 Å². The lowest BCUT2D eigenvalue weighted by Gasteiger charge is -1.95. The van der Waals surface area contributed by atoms with E-state index >= 15 is 0 Å². The summed E-state index contributed by atoms with van der Waals surface area (Å²) in [6, 6.07) is 9.47. The fourth-order valence-electron chi connectivity index (χ4n) is 0.573. The smallest absolute Gasteiger partial charge is 0.0913 e. The van der Waals surface area contributed by atoms with Crippen LogP contribution in [0.2, 0.25) is 0 Å². The second-order valence-corrected chi connectivity index (χ2v) is 2.57. The normalized spacial score (nSPS) is 10.9. The molecule has 0 radical (unpaired) electrons. The Morgan fingerprint density at radius 2 is 1.90 bits per heavy atom. The molecule has 1 rings (SSSR count). The zero-order valence-electron chi connectivity index (χ0n) is 5.15. The first-order valence-corrected chi connectivity index (χ1v) is 3.62. The van der Waals surface area contributed by atoms with Crippen LogP contribution in [0.1, 0.15) is 0 Å². The Bertz CT molecular complexity index is 178. The molecule has 54 valence electrons. The van der Waals surface area contributed by atoms with Crippen molar-refractivity contribution in [2.45, 2.75) is 0 Å². The predicted octanol–water partition coefficient (Wildman–Crippen LogP) is 1.33. The van der Waals surface area contributed by atoms with Crippen LogP contribution in [0.4, 0.5) is 0 Å². The third kappa shape index (κ3) is 2.42. The van der Waals surface area contributed by atoms with Gasteiger partial charge in [0.05, 0.1) is 8.81 Å². The van der Waals surface area contributed by atoms with Crippen LogP contribution in [0.3, 0.4) is 0 Å². The minimum absolute atomic E-state index is 0.0323. The Hall–Kier alpha value is -0.470. The van der Waals surface area contributed by atoms with E-state index in [1.165, 1.54) is 0 Å². The molecule has 0 bridgehead atoms. The highest BCUT2D eigenvalue weighted by Crippen LogP contribution is 2.09. The molecule has 1 N–H and O–H groups in total. The fraction of sp³-hybridized carbons (Fsp3) is 0. The highest BCUT2D eigenvalue weighted by atomic mass is 31.1. The first-order chi connectivity index (χ1) is 4.93. The van der Waals surface area contributed by atoms with E-state index in [1.54, 1.807) is 0 Å². The van der Waals surface area contributed by atoms with Gasteiger partial charge in [-0.15, -0.1) is 0 Å². The van der Waals surface area contributed by atoms with E-state index in [0.29, 0.717) is 0 Å². The van der Waals surface area contributed by atoms with Gasteiger partial charge in [0.25, 0.3) is 0 Å². The number of hydrogen-bond donors (Lipinski definition) is 1. The third-order valence-corrected chi connectivity index (χ3v) is 1.70. The van der Waals surface area contributed by atoms with Gasteiger partial charge in [0.1, 0.15) is 0 Å². The molecule has 10 heavy (non-hydrogen) atoms. The molecular formula is C6H7O3P. The van der Waals surface area contributed by atoms with E-state index in [0.717, 1.165) is 5.30 Å². The van der Waals surface area contributed by atoms with Gasteiger partial charge in [-0.2, -0.15) is 4.67 Å². The Balaban J connectivity index is 2.43. The van der Waals surface area contributed by atoms with Crippen LogP contribution in [0.25, 0.3) is 0 Å². The van der Waals surface area contributed by atoms with Gasteiger partial charge < -0.3 is 0 Å². The summed E-state index contributed by atoms with van der Waals surface area (Å²) in [6.07, 6.45) is 0. The molecule has 0 saturated carbocycles. The van der Waals surface area contributed by atoms with Crippen molar-refractivity contribution in [1.82, 2.24) is 0 Å². The van der Waals surface area contributed by atoms with Crippen LogP contribution in [0.5, 0.6) is 0 Å². The molecule has 4 heteroatoms. The van der Waals surface area contributed by atoms with E-state index in [9.17, 15) is 0 Å². The minimum Gasteiger partial charge on any atom is -0.221 e. The topological polar surface area (TPSA) is 38.7 Å². The van der Waals surface area contributed by atoms with Crippen molar-refractivity contribution in [3.05, 3.63) is 30.3 Å². The van der Waals surface area contributed by atoms with Crippen molar-refractivity contribution >= 4 is 14.1 Å². The van der Waals surface area contributed by atoms with Crippen LogP contribution < -0.4 is 5.30 Å². The molecule has 0 heterocycles. The first-order valence-electron chi connectivity index (χ1n) is 2.71. The molecule has 0 aliphatic heterocycles. The van der Waals surface area contributed by atoms with Gasteiger partial charge >= 0.3 is 0 Å². The van der Waals surface area contributed by atoms with Gasteiger partial charge in [0.2, 0.25) is 0 Å². The maximum atomic E-state index is 7.81. The molecule has 0 aromatic heterocycles. The summed E-state index contributed by atoms with van der Waals surface area (Å²) in [6.45, 7) is 0. The lowest BCUT2D eigenvalue weighted by molar-refractivity contribution is -0.434. The maximum absolute atomic E-state index is 7.81. The summed E-state index contributed by atoms with van der Waals surface area (Å²) in [4.78, 5) is 0. The standard InChI is InChI=1S/C6H7O3P/c7-8-9-10-6-4-2-1-3-5-6/h1-5,7,10H. The molecule has 1 unspecified atom stereocenters. The highest BCUT2D eigenvalue weighted by Gasteiger charge is 1.89. The number of rotatable bonds is 3. The van der Waals surface area contributed by atoms with Gasteiger partial charge in [0, 0.05) is 5.30 Å². The number of hydrogen-bond acceptors (Lipinski definition) is 3. The SMILES string of the molecule is OOOPc1ccccc1. The van der Waals surface area contributed by atoms with Gasteiger partial charge in [-0.25, -0.2) is 5.26 Å². The van der Waals surface area contributed by atoms with Crippen molar-refractivity contribution in [1.29, 1.82) is 0 Å². The predicted molar refractivity (Wildman–Crippen MR) is 39.2 cm³/mol. The maximum Gasteiger partial charge on any atom is 0.0913 e. The summed E-state index contributed by atoms with van der Waals surface area (Å²) < 4.78 is 4.30. The van der Waals surface area contributed by atoms with E-state index in [2.05, 4.69) is 9.71 Å². The van der Waals surface area contributed by atoms with Crippen molar-refractivity contribution in [3.63, 3.8) is 0 Å².